The molecule has 0 saturated carbocycles. The second-order valence-corrected chi connectivity index (χ2v) is 11.2. The third-order valence-corrected chi connectivity index (χ3v) is 7.80. The van der Waals surface area contributed by atoms with Gasteiger partial charge in [-0.05, 0) is 41.6 Å². The number of hydrogen-bond donors (Lipinski definition) is 0. The lowest BCUT2D eigenvalue weighted by atomic mass is 10.2. The number of nitrogens with zero attached hydrogens (tertiary/aromatic N) is 3. The van der Waals surface area contributed by atoms with Gasteiger partial charge in [0.15, 0.2) is 16.8 Å². The predicted molar refractivity (Wildman–Crippen MR) is 139 cm³/mol. The third-order valence-electron chi connectivity index (χ3n) is 4.91. The number of ether oxygens (including phenoxy) is 2. The zero-order chi connectivity index (χ0) is 25.0. The average molecular weight is 530 g/mol. The molecule has 2 aromatic carbocycles. The summed E-state index contributed by atoms with van der Waals surface area (Å²) in [5.74, 6) is 1.38. The number of sulfonamides is 1. The first kappa shape index (κ1) is 25.0. The van der Waals surface area contributed by atoms with Gasteiger partial charge >= 0.3 is 0 Å². The van der Waals surface area contributed by atoms with E-state index in [2.05, 4.69) is 9.97 Å². The number of halogens is 1. The molecular formula is C25H24ClN3O4S2. The second kappa shape index (κ2) is 10.6. The summed E-state index contributed by atoms with van der Waals surface area (Å²) >= 11 is 8.06. The molecule has 2 heterocycles. The lowest BCUT2D eigenvalue weighted by Gasteiger charge is -2.27. The van der Waals surface area contributed by atoms with Crippen molar-refractivity contribution in [3.8, 4) is 28.0 Å². The van der Waals surface area contributed by atoms with Crippen molar-refractivity contribution in [2.45, 2.75) is 18.7 Å². The molecule has 4 aromatic rings. The molecule has 0 aliphatic carbocycles. The van der Waals surface area contributed by atoms with Crippen molar-refractivity contribution in [3.05, 3.63) is 77.3 Å². The number of methoxy groups -OCH3 is 1. The minimum absolute atomic E-state index is 0.00163. The van der Waals surface area contributed by atoms with Crippen LogP contribution in [0.4, 0.5) is 5.82 Å². The van der Waals surface area contributed by atoms with Crippen LogP contribution >= 0.6 is 22.9 Å². The fourth-order valence-electron chi connectivity index (χ4n) is 3.32. The number of benzene rings is 2. The van der Waals surface area contributed by atoms with E-state index in [1.807, 2.05) is 31.4 Å². The molecule has 0 amide bonds. The first-order valence-corrected chi connectivity index (χ1v) is 13.5. The molecule has 10 heteroatoms. The molecule has 4 rings (SSSR count). The van der Waals surface area contributed by atoms with Gasteiger partial charge < -0.3 is 9.47 Å². The van der Waals surface area contributed by atoms with Crippen LogP contribution in [0.3, 0.4) is 0 Å². The fourth-order valence-corrected chi connectivity index (χ4v) is 5.78. The SMILES string of the molecule is COc1cccc(Oc2c(Cl)nc(-c3cccs3)nc2N(CC(C)C)S(=O)(=O)c2ccccc2)c1. The highest BCUT2D eigenvalue weighted by Gasteiger charge is 2.32. The van der Waals surface area contributed by atoms with E-state index in [4.69, 9.17) is 21.1 Å². The molecule has 7 nitrogen and oxygen atoms in total. The van der Waals surface area contributed by atoms with Gasteiger partial charge in [-0.3, -0.25) is 0 Å². The van der Waals surface area contributed by atoms with Gasteiger partial charge in [0.05, 0.1) is 16.9 Å². The van der Waals surface area contributed by atoms with Crippen LogP contribution in [0.1, 0.15) is 13.8 Å². The Balaban J connectivity index is 1.93. The first-order valence-electron chi connectivity index (χ1n) is 10.8. The van der Waals surface area contributed by atoms with Crippen molar-refractivity contribution >= 4 is 38.8 Å². The van der Waals surface area contributed by atoms with Crippen molar-refractivity contribution in [2.75, 3.05) is 18.0 Å². The van der Waals surface area contributed by atoms with Gasteiger partial charge in [0.2, 0.25) is 5.75 Å². The van der Waals surface area contributed by atoms with E-state index in [0.29, 0.717) is 17.3 Å². The van der Waals surface area contributed by atoms with Gasteiger partial charge in [0.1, 0.15) is 11.5 Å². The number of aromatic nitrogens is 2. The quantitative estimate of drug-likeness (QED) is 0.230. The molecule has 0 spiro atoms. The van der Waals surface area contributed by atoms with Crippen LogP contribution in [0.15, 0.2) is 77.0 Å². The van der Waals surface area contributed by atoms with Gasteiger partial charge in [-0.25, -0.2) is 22.7 Å². The zero-order valence-corrected chi connectivity index (χ0v) is 21.8. The van der Waals surface area contributed by atoms with Gasteiger partial charge in [-0.15, -0.1) is 11.3 Å². The van der Waals surface area contributed by atoms with Crippen LogP contribution in [-0.2, 0) is 10.0 Å². The zero-order valence-electron chi connectivity index (χ0n) is 19.4. The van der Waals surface area contributed by atoms with Crippen LogP contribution in [0.5, 0.6) is 17.2 Å². The molecule has 35 heavy (non-hydrogen) atoms. The van der Waals surface area contributed by atoms with Crippen molar-refractivity contribution in [1.82, 2.24) is 9.97 Å². The Kier molecular flexibility index (Phi) is 7.59. The monoisotopic (exact) mass is 529 g/mol. The minimum atomic E-state index is -4.00. The molecule has 0 radical (unpaired) electrons. The topological polar surface area (TPSA) is 81.6 Å². The maximum absolute atomic E-state index is 13.8. The van der Waals surface area contributed by atoms with E-state index in [1.54, 1.807) is 61.7 Å². The van der Waals surface area contributed by atoms with E-state index in [9.17, 15) is 8.42 Å². The molecule has 2 aromatic heterocycles. The van der Waals surface area contributed by atoms with Crippen molar-refractivity contribution in [2.24, 2.45) is 5.92 Å². The number of hydrogen-bond acceptors (Lipinski definition) is 7. The van der Waals surface area contributed by atoms with Crippen molar-refractivity contribution < 1.29 is 17.9 Å². The number of thiophene rings is 1. The lowest BCUT2D eigenvalue weighted by molar-refractivity contribution is 0.408. The highest BCUT2D eigenvalue weighted by molar-refractivity contribution is 7.92. The van der Waals surface area contributed by atoms with Crippen LogP contribution in [0, 0.1) is 5.92 Å². The largest absolute Gasteiger partial charge is 0.497 e. The van der Waals surface area contributed by atoms with Crippen LogP contribution < -0.4 is 13.8 Å². The van der Waals surface area contributed by atoms with Crippen LogP contribution in [0.2, 0.25) is 5.15 Å². The predicted octanol–water partition coefficient (Wildman–Crippen LogP) is 6.51. The van der Waals surface area contributed by atoms with Gasteiger partial charge in [0, 0.05) is 12.6 Å². The highest BCUT2D eigenvalue weighted by atomic mass is 35.5. The average Bonchev–Trinajstić information content (AvgIpc) is 3.39. The summed E-state index contributed by atoms with van der Waals surface area (Å²) in [4.78, 5) is 9.98. The van der Waals surface area contributed by atoms with E-state index in [0.717, 1.165) is 4.88 Å². The summed E-state index contributed by atoms with van der Waals surface area (Å²) in [7, 11) is -2.45. The maximum atomic E-state index is 13.8. The molecule has 0 bridgehead atoms. The van der Waals surface area contributed by atoms with Crippen LogP contribution in [-0.4, -0.2) is 32.0 Å². The summed E-state index contributed by atoms with van der Waals surface area (Å²) < 4.78 is 40.3. The van der Waals surface area contributed by atoms with E-state index < -0.39 is 10.0 Å². The Bertz CT molecular complexity index is 1400. The molecule has 0 saturated heterocycles. The second-order valence-electron chi connectivity index (χ2n) is 7.99. The van der Waals surface area contributed by atoms with Crippen molar-refractivity contribution in [3.63, 3.8) is 0 Å². The van der Waals surface area contributed by atoms with E-state index in [-0.39, 0.29) is 34.1 Å². The fraction of sp³-hybridized carbons (Fsp3) is 0.200. The Hall–Kier alpha value is -3.14. The van der Waals surface area contributed by atoms with E-state index in [1.165, 1.54) is 15.6 Å². The maximum Gasteiger partial charge on any atom is 0.265 e. The molecule has 0 atom stereocenters. The summed E-state index contributed by atoms with van der Waals surface area (Å²) in [6, 6.07) is 18.9. The molecule has 0 fully saturated rings. The van der Waals surface area contributed by atoms with Gasteiger partial charge in [-0.1, -0.05) is 55.8 Å². The standard InChI is InChI=1S/C25H24ClN3O4S2/c1-17(2)16-29(35(30,31)20-11-5-4-6-12-20)25-22(33-19-10-7-9-18(15-19)32-3)23(26)27-24(28-25)21-13-8-14-34-21/h4-15,17H,16H2,1-3H3. The Morgan fingerprint density at radius 2 is 1.74 bits per heavy atom. The number of anilines is 1. The molecule has 0 aliphatic heterocycles. The van der Waals surface area contributed by atoms with E-state index >= 15 is 0 Å². The summed E-state index contributed by atoms with van der Waals surface area (Å²) in [5.41, 5.74) is 0. The third kappa shape index (κ3) is 5.58. The Morgan fingerprint density at radius 1 is 1.00 bits per heavy atom. The summed E-state index contributed by atoms with van der Waals surface area (Å²) in [5, 5.41) is 1.89. The molecule has 182 valence electrons. The number of rotatable bonds is 9. The normalized spacial score (nSPS) is 11.5. The van der Waals surface area contributed by atoms with Gasteiger partial charge in [-0.2, -0.15) is 0 Å². The van der Waals surface area contributed by atoms with Crippen molar-refractivity contribution in [1.29, 1.82) is 0 Å². The molecular weight excluding hydrogens is 506 g/mol. The lowest BCUT2D eigenvalue weighted by Crippen LogP contribution is -2.35. The van der Waals surface area contributed by atoms with Crippen LogP contribution in [0.25, 0.3) is 10.7 Å². The molecule has 0 aliphatic rings. The molecule has 0 unspecified atom stereocenters. The Morgan fingerprint density at radius 3 is 2.40 bits per heavy atom. The first-order chi connectivity index (χ1) is 16.8. The Labute approximate surface area is 214 Å². The summed E-state index contributed by atoms with van der Waals surface area (Å²) in [6.45, 7) is 4.01. The highest BCUT2D eigenvalue weighted by Crippen LogP contribution is 2.41. The van der Waals surface area contributed by atoms with Gasteiger partial charge in [0.25, 0.3) is 10.0 Å². The smallest absolute Gasteiger partial charge is 0.265 e. The molecule has 0 N–H and O–H groups in total. The minimum Gasteiger partial charge on any atom is -0.497 e. The summed E-state index contributed by atoms with van der Waals surface area (Å²) in [6.07, 6.45) is 0.